The van der Waals surface area contributed by atoms with Gasteiger partial charge in [-0.1, -0.05) is 104 Å². The van der Waals surface area contributed by atoms with Crippen molar-refractivity contribution in [2.75, 3.05) is 13.7 Å². The lowest BCUT2D eigenvalue weighted by Gasteiger charge is -2.50. The number of hydrogen-bond donors (Lipinski definition) is 2. The van der Waals surface area contributed by atoms with E-state index in [2.05, 4.69) is 6.92 Å². The van der Waals surface area contributed by atoms with Gasteiger partial charge in [0.15, 0.2) is 0 Å². The summed E-state index contributed by atoms with van der Waals surface area (Å²) in [5.74, 6) is -0.870. The Morgan fingerprint density at radius 3 is 2.02 bits per heavy atom. The van der Waals surface area contributed by atoms with Crippen LogP contribution in [0.2, 0.25) is 0 Å². The van der Waals surface area contributed by atoms with E-state index in [4.69, 9.17) is 28.4 Å². The summed E-state index contributed by atoms with van der Waals surface area (Å²) in [6.07, 6.45) is 2.07. The second-order valence-corrected chi connectivity index (χ2v) is 15.6. The van der Waals surface area contributed by atoms with E-state index < -0.39 is 30.2 Å². The monoisotopic (exact) mass is 756 g/mol. The van der Waals surface area contributed by atoms with Gasteiger partial charge in [0.25, 0.3) is 0 Å². The van der Waals surface area contributed by atoms with Gasteiger partial charge in [-0.25, -0.2) is 0 Å². The highest BCUT2D eigenvalue weighted by Gasteiger charge is 2.55. The van der Waals surface area contributed by atoms with Gasteiger partial charge in [-0.05, 0) is 90.3 Å². The molecule has 1 saturated carbocycles. The van der Waals surface area contributed by atoms with Gasteiger partial charge in [0.1, 0.15) is 29.3 Å². The van der Waals surface area contributed by atoms with E-state index in [0.29, 0.717) is 35.7 Å². The molecule has 0 bridgehead atoms. The van der Waals surface area contributed by atoms with Crippen LogP contribution in [0, 0.1) is 5.92 Å². The molecule has 5 aromatic carbocycles. The predicted octanol–water partition coefficient (Wildman–Crippen LogP) is 8.59. The van der Waals surface area contributed by atoms with E-state index >= 15 is 0 Å². The smallest absolute Gasteiger partial charge is 0.222 e. The van der Waals surface area contributed by atoms with Gasteiger partial charge in [-0.3, -0.25) is 0 Å². The standard InChI is InChI=1S/C48H52O8/c1-33-43(32-52-29-34-13-6-3-7-14-34)56-48(50,46(54-31-36-17-10-5-11-18-36)45(33)53-30-35-15-8-4-9-16-35)39-20-22-42(51-2)40(28-39)44(49)38-19-21-41-37(27-38)23-26-47(55-41)24-12-25-47/h3-11,13-22,27-28,33,43-46,49-50H,12,23-26,29-32H2,1-2H3/t33-,43-,44?,45+,46-,48?/m1/s1. The molecule has 8 rings (SSSR count). The number of fused-ring (bicyclic) bond motifs is 1. The number of benzene rings is 5. The molecule has 292 valence electrons. The molecule has 1 aliphatic carbocycles. The molecule has 2 N–H and O–H groups in total. The van der Waals surface area contributed by atoms with E-state index in [9.17, 15) is 10.2 Å². The molecule has 8 heteroatoms. The Morgan fingerprint density at radius 1 is 0.750 bits per heavy atom. The van der Waals surface area contributed by atoms with E-state index in [1.54, 1.807) is 25.3 Å². The van der Waals surface area contributed by atoms with Crippen LogP contribution in [-0.4, -0.2) is 47.8 Å². The SMILES string of the molecule is COc1ccc(C2(O)O[C@H](COCc3ccccc3)[C@@H](C)[C@H](OCc3ccccc3)[C@H]2OCc2ccccc2)cc1C(O)c1ccc2c(c1)CCC1(CCC1)O2. The van der Waals surface area contributed by atoms with Crippen molar-refractivity contribution in [2.45, 2.75) is 94.7 Å². The molecular formula is C48H52O8. The van der Waals surface area contributed by atoms with Crippen molar-refractivity contribution in [2.24, 2.45) is 5.92 Å². The maximum atomic E-state index is 13.1. The van der Waals surface area contributed by atoms with Crippen molar-refractivity contribution >= 4 is 0 Å². The highest BCUT2D eigenvalue weighted by atomic mass is 16.7. The number of aliphatic hydroxyl groups is 2. The van der Waals surface area contributed by atoms with Crippen LogP contribution in [0.4, 0.5) is 0 Å². The minimum Gasteiger partial charge on any atom is -0.496 e. The fourth-order valence-corrected chi connectivity index (χ4v) is 8.36. The van der Waals surface area contributed by atoms with Gasteiger partial charge in [0, 0.05) is 17.0 Å². The normalized spacial score (nSPS) is 24.4. The first kappa shape index (κ1) is 38.3. The lowest BCUT2D eigenvalue weighted by molar-refractivity contribution is -0.365. The van der Waals surface area contributed by atoms with Gasteiger partial charge >= 0.3 is 0 Å². The van der Waals surface area contributed by atoms with Crippen LogP contribution in [0.15, 0.2) is 127 Å². The number of rotatable bonds is 14. The topological polar surface area (TPSA) is 95.8 Å². The molecule has 0 aromatic heterocycles. The first-order valence-corrected chi connectivity index (χ1v) is 19.9. The van der Waals surface area contributed by atoms with Gasteiger partial charge in [-0.2, -0.15) is 0 Å². The lowest BCUT2D eigenvalue weighted by Crippen LogP contribution is -2.62. The number of hydrogen-bond acceptors (Lipinski definition) is 8. The van der Waals surface area contributed by atoms with Gasteiger partial charge in [0.05, 0.1) is 45.7 Å². The summed E-state index contributed by atoms with van der Waals surface area (Å²) in [6, 6.07) is 41.1. The Bertz CT molecular complexity index is 2040. The molecule has 1 spiro atoms. The Balaban J connectivity index is 1.14. The zero-order valence-corrected chi connectivity index (χ0v) is 32.2. The molecule has 3 aliphatic rings. The lowest BCUT2D eigenvalue weighted by atomic mass is 9.74. The summed E-state index contributed by atoms with van der Waals surface area (Å²) >= 11 is 0. The quantitative estimate of drug-likeness (QED) is 0.116. The van der Waals surface area contributed by atoms with Crippen LogP contribution in [0.1, 0.15) is 77.7 Å². The second kappa shape index (κ2) is 16.9. The van der Waals surface area contributed by atoms with E-state index in [0.717, 1.165) is 53.7 Å². The predicted molar refractivity (Wildman–Crippen MR) is 213 cm³/mol. The second-order valence-electron chi connectivity index (χ2n) is 15.6. The van der Waals surface area contributed by atoms with Crippen molar-refractivity contribution in [1.29, 1.82) is 0 Å². The number of ether oxygens (including phenoxy) is 6. The number of aryl methyl sites for hydroxylation is 1. The molecule has 2 aliphatic heterocycles. The van der Waals surface area contributed by atoms with Gasteiger partial charge < -0.3 is 38.6 Å². The molecular weight excluding hydrogens is 705 g/mol. The van der Waals surface area contributed by atoms with Crippen molar-refractivity contribution < 1.29 is 38.6 Å². The zero-order chi connectivity index (χ0) is 38.5. The van der Waals surface area contributed by atoms with E-state index in [-0.39, 0.29) is 24.7 Å². The molecule has 8 nitrogen and oxygen atoms in total. The summed E-state index contributed by atoms with van der Waals surface area (Å²) < 4.78 is 38.8. The first-order chi connectivity index (χ1) is 27.3. The van der Waals surface area contributed by atoms with Crippen molar-refractivity contribution in [1.82, 2.24) is 0 Å². The Hall–Kier alpha value is -4.54. The molecule has 0 radical (unpaired) electrons. The third-order valence-corrected chi connectivity index (χ3v) is 11.9. The maximum Gasteiger partial charge on any atom is 0.222 e. The maximum absolute atomic E-state index is 13.1. The molecule has 1 saturated heterocycles. The molecule has 2 unspecified atom stereocenters. The molecule has 2 heterocycles. The zero-order valence-electron chi connectivity index (χ0n) is 32.2. The number of methoxy groups -OCH3 is 1. The average molecular weight is 757 g/mol. The van der Waals surface area contributed by atoms with Crippen molar-refractivity contribution in [3.8, 4) is 11.5 Å². The molecule has 5 aromatic rings. The van der Waals surface area contributed by atoms with Gasteiger partial charge in [-0.15, -0.1) is 0 Å². The van der Waals surface area contributed by atoms with Crippen molar-refractivity contribution in [3.63, 3.8) is 0 Å². The van der Waals surface area contributed by atoms with Crippen LogP contribution in [0.25, 0.3) is 0 Å². The fraction of sp³-hybridized carbons (Fsp3) is 0.375. The highest BCUT2D eigenvalue weighted by Crippen LogP contribution is 2.47. The van der Waals surface area contributed by atoms with Gasteiger partial charge in [0.2, 0.25) is 5.79 Å². The van der Waals surface area contributed by atoms with Crippen molar-refractivity contribution in [3.05, 3.63) is 166 Å². The summed E-state index contributed by atoms with van der Waals surface area (Å²) in [6.45, 7) is 3.18. The number of aliphatic hydroxyl groups excluding tert-OH is 1. The molecule has 2 fully saturated rings. The van der Waals surface area contributed by atoms with Crippen LogP contribution < -0.4 is 9.47 Å². The van der Waals surface area contributed by atoms with E-state index in [1.165, 1.54) is 6.42 Å². The molecule has 0 amide bonds. The Morgan fingerprint density at radius 2 is 1.39 bits per heavy atom. The largest absolute Gasteiger partial charge is 0.496 e. The summed E-state index contributed by atoms with van der Waals surface area (Å²) in [4.78, 5) is 0. The van der Waals surface area contributed by atoms with Crippen LogP contribution in [0.3, 0.4) is 0 Å². The van der Waals surface area contributed by atoms with Crippen LogP contribution >= 0.6 is 0 Å². The third-order valence-electron chi connectivity index (χ3n) is 11.9. The Kier molecular flexibility index (Phi) is 11.6. The highest BCUT2D eigenvalue weighted by molar-refractivity contribution is 5.48. The third kappa shape index (κ3) is 8.14. The first-order valence-electron chi connectivity index (χ1n) is 19.9. The molecule has 56 heavy (non-hydrogen) atoms. The molecule has 6 atom stereocenters. The summed E-state index contributed by atoms with van der Waals surface area (Å²) in [7, 11) is 1.58. The van der Waals surface area contributed by atoms with E-state index in [1.807, 2.05) is 109 Å². The fourth-order valence-electron chi connectivity index (χ4n) is 8.36. The Labute approximate surface area is 329 Å². The summed E-state index contributed by atoms with van der Waals surface area (Å²) in [5.41, 5.74) is 5.67. The minimum absolute atomic E-state index is 0.0239. The summed E-state index contributed by atoms with van der Waals surface area (Å²) in [5, 5.41) is 25.2. The van der Waals surface area contributed by atoms with Crippen LogP contribution in [-0.2, 0) is 51.0 Å². The minimum atomic E-state index is -2.01. The average Bonchev–Trinajstić information content (AvgIpc) is 3.23. The van der Waals surface area contributed by atoms with Crippen LogP contribution in [0.5, 0.6) is 11.5 Å².